The predicted molar refractivity (Wildman–Crippen MR) is 15.2 cm³/mol. The molecule has 0 aliphatic heterocycles. The quantitative estimate of drug-likeness (QED) is 0.358. The fourth-order valence-electron chi connectivity index (χ4n) is 0. The van der Waals surface area contributed by atoms with Crippen molar-refractivity contribution in [2.24, 2.45) is 0 Å². The average Bonchev–Trinajstić information content (AvgIpc) is 1.39. The molecule has 0 rings (SSSR count). The fraction of sp³-hybridized carbons (Fsp3) is 0. The van der Waals surface area contributed by atoms with E-state index in [-0.39, 0.29) is 17.1 Å². The predicted octanol–water partition coefficient (Wildman–Crippen LogP) is -0.896. The molecule has 7 heteroatoms. The molecule has 0 unspecified atom stereocenters. The average molecular weight is 181 g/mol. The van der Waals surface area contributed by atoms with Crippen molar-refractivity contribution in [3.05, 3.63) is 0 Å². The van der Waals surface area contributed by atoms with Gasteiger partial charge >= 0.3 is 17.1 Å². The van der Waals surface area contributed by atoms with E-state index < -0.39 is 17.4 Å². The molecule has 0 atom stereocenters. The van der Waals surface area contributed by atoms with Crippen LogP contribution in [0.4, 0.5) is 0 Å². The molecule has 0 aliphatic rings. The number of rotatable bonds is 0. The normalized spacial score (nSPS) is 6.00. The Balaban J connectivity index is -0.0000000400. The smallest absolute Gasteiger partial charge is 0.772 e. The maximum absolute atomic E-state index is 8.35. The third-order valence-corrected chi connectivity index (χ3v) is 0. The Morgan fingerprint density at radius 3 is 1.00 bits per heavy atom. The van der Waals surface area contributed by atoms with E-state index in [0.29, 0.717) is 0 Å². The zero-order valence-electron chi connectivity index (χ0n) is 2.91. The Hall–Kier alpha value is 0.639. The van der Waals surface area contributed by atoms with Crippen molar-refractivity contribution in [1.29, 1.82) is 0 Å². The molecular weight excluding hydrogens is 181 g/mol. The summed E-state index contributed by atoms with van der Waals surface area (Å²) in [5, 5.41) is 0. The first-order valence-corrected chi connectivity index (χ1v) is 2.19. The van der Waals surface area contributed by atoms with Crippen molar-refractivity contribution < 1.29 is 36.0 Å². The summed E-state index contributed by atoms with van der Waals surface area (Å²) in [7, 11) is -2.17. The summed E-state index contributed by atoms with van der Waals surface area (Å²) < 4.78 is 16.7. The van der Waals surface area contributed by atoms with Gasteiger partial charge in [0.05, 0.1) is 17.4 Å². The Labute approximate surface area is 54.0 Å². The van der Waals surface area contributed by atoms with E-state index >= 15 is 0 Å². The van der Waals surface area contributed by atoms with E-state index in [1.165, 1.54) is 0 Å². The zero-order chi connectivity index (χ0) is 5.41. The summed E-state index contributed by atoms with van der Waals surface area (Å²) in [6, 6.07) is 0. The Kier molecular flexibility index (Phi) is 67.7. The van der Waals surface area contributed by atoms with E-state index in [2.05, 4.69) is 0 Å². The van der Waals surface area contributed by atoms with Gasteiger partial charge in [0.25, 0.3) is 0 Å². The van der Waals surface area contributed by atoms with Crippen LogP contribution >= 0.6 is 17.4 Å². The number of hydrogen-bond acceptors (Lipinski definition) is 4. The van der Waals surface area contributed by atoms with E-state index in [9.17, 15) is 0 Å². The van der Waals surface area contributed by atoms with Crippen LogP contribution in [0.2, 0.25) is 0 Å². The molecule has 0 N–H and O–H groups in total. The summed E-state index contributed by atoms with van der Waals surface area (Å²) in [6.07, 6.45) is 0. The van der Waals surface area contributed by atoms with E-state index in [4.69, 9.17) is 18.9 Å². The second kappa shape index (κ2) is 30.3. The fourth-order valence-corrected chi connectivity index (χ4v) is 0. The van der Waals surface area contributed by atoms with Crippen LogP contribution in [-0.4, -0.2) is 0 Å². The Morgan fingerprint density at radius 1 is 1.00 bits per heavy atom. The minimum atomic E-state index is -1.08. The molecule has 41 valence electrons. The molecule has 0 aromatic carbocycles. The number of hydrogen-bond donors (Lipinski definition) is 0. The van der Waals surface area contributed by atoms with Crippen molar-refractivity contribution in [1.82, 2.24) is 0 Å². The van der Waals surface area contributed by atoms with E-state index in [0.717, 1.165) is 0 Å². The van der Waals surface area contributed by atoms with Gasteiger partial charge < -0.3 is 9.79 Å². The van der Waals surface area contributed by atoms with Gasteiger partial charge in [0.1, 0.15) is 0 Å². The molecule has 0 aromatic rings. The topological polar surface area (TPSA) is 80.3 Å². The van der Waals surface area contributed by atoms with Crippen LogP contribution in [0.15, 0.2) is 0 Å². The van der Waals surface area contributed by atoms with Gasteiger partial charge in [-0.2, -0.15) is 0 Å². The molecule has 1 radical (unpaired) electrons. The summed E-state index contributed by atoms with van der Waals surface area (Å²) >= 11 is 0. The maximum Gasteiger partial charge on any atom is 2.00 e. The molecule has 0 aromatic heterocycles. The summed E-state index contributed by atoms with van der Waals surface area (Å²) in [4.78, 5) is 16.7. The van der Waals surface area contributed by atoms with Crippen molar-refractivity contribution >= 4 is 17.4 Å². The first-order valence-electron chi connectivity index (χ1n) is 0.730. The van der Waals surface area contributed by atoms with Gasteiger partial charge in [-0.3, -0.25) is 9.13 Å². The summed E-state index contributed by atoms with van der Waals surface area (Å²) in [6.45, 7) is 0. The first kappa shape index (κ1) is 15.6. The second-order valence-corrected chi connectivity index (χ2v) is 0.447. The zero-order valence-corrected chi connectivity index (χ0v) is 5.87. The van der Waals surface area contributed by atoms with Gasteiger partial charge in [-0.15, -0.1) is 0 Å². The minimum absolute atomic E-state index is 0. The van der Waals surface area contributed by atoms with Crippen molar-refractivity contribution in [2.45, 2.75) is 0 Å². The van der Waals surface area contributed by atoms with Gasteiger partial charge in [-0.05, 0) is 0 Å². The van der Waals surface area contributed by atoms with Crippen LogP contribution in [0.5, 0.6) is 0 Å². The largest absolute Gasteiger partial charge is 2.00 e. The summed E-state index contributed by atoms with van der Waals surface area (Å²) in [5.74, 6) is 0. The molecule has 7 heavy (non-hydrogen) atoms. The summed E-state index contributed by atoms with van der Waals surface area (Å²) in [5.41, 5.74) is 0. The van der Waals surface area contributed by atoms with Crippen LogP contribution < -0.4 is 9.79 Å². The standard InChI is InChI=1S/Mn.2HO2P/c;2*1-3-2/h;2*(H,1,2)/q+2;;/p-2. The van der Waals surface area contributed by atoms with Crippen LogP contribution in [0.25, 0.3) is 0 Å². The van der Waals surface area contributed by atoms with Crippen LogP contribution in [0.1, 0.15) is 0 Å². The Bertz CT molecular complexity index is 30.7. The first-order chi connectivity index (χ1) is 2.83. The minimum Gasteiger partial charge on any atom is -0.772 e. The van der Waals surface area contributed by atoms with Gasteiger partial charge in [0.2, 0.25) is 0 Å². The van der Waals surface area contributed by atoms with Crippen LogP contribution in [0, 0.1) is 0 Å². The third kappa shape index (κ3) is 349. The molecule has 0 saturated heterocycles. The van der Waals surface area contributed by atoms with Crippen molar-refractivity contribution in [2.75, 3.05) is 0 Å². The molecule has 0 bridgehead atoms. The maximum atomic E-state index is 8.35. The molecular formula is MnO4P2. The third-order valence-electron chi connectivity index (χ3n) is 0. The van der Waals surface area contributed by atoms with Gasteiger partial charge in [-0.25, -0.2) is 0 Å². The molecule has 0 heterocycles. The molecule has 0 spiro atoms. The van der Waals surface area contributed by atoms with Crippen LogP contribution in [-0.2, 0) is 26.2 Å². The van der Waals surface area contributed by atoms with E-state index in [1.54, 1.807) is 0 Å². The molecule has 4 nitrogen and oxygen atoms in total. The van der Waals surface area contributed by atoms with Gasteiger partial charge in [0.15, 0.2) is 0 Å². The van der Waals surface area contributed by atoms with Gasteiger partial charge in [0, 0.05) is 0 Å². The molecule has 0 saturated carbocycles. The Morgan fingerprint density at radius 2 is 1.00 bits per heavy atom. The second-order valence-electron chi connectivity index (χ2n) is 0.149. The van der Waals surface area contributed by atoms with Crippen LogP contribution in [0.3, 0.4) is 0 Å². The monoisotopic (exact) mass is 181 g/mol. The van der Waals surface area contributed by atoms with Gasteiger partial charge in [-0.1, -0.05) is 0 Å². The molecule has 0 aliphatic carbocycles. The van der Waals surface area contributed by atoms with Crippen molar-refractivity contribution in [3.63, 3.8) is 0 Å². The molecule has 0 fully saturated rings. The SMILES string of the molecule is O=P[O-].O=P[O-].[Mn+2]. The van der Waals surface area contributed by atoms with Crippen molar-refractivity contribution in [3.8, 4) is 0 Å². The van der Waals surface area contributed by atoms with E-state index in [1.807, 2.05) is 0 Å². The molecule has 0 amide bonds.